The third kappa shape index (κ3) is 6.66. The van der Waals surface area contributed by atoms with Crippen molar-refractivity contribution in [3.63, 3.8) is 0 Å². The Kier molecular flexibility index (Phi) is 5.95. The fourth-order valence-electron chi connectivity index (χ4n) is 1.67. The molecule has 1 N–H and O–H groups in total. The second-order valence-electron chi connectivity index (χ2n) is 5.65. The van der Waals surface area contributed by atoms with Gasteiger partial charge in [-0.05, 0) is 11.9 Å². The number of benzene rings is 1. The molecule has 0 aliphatic carbocycles. The SMILES string of the molecule is C[Si](C)(C)CCCCOB(O)c1ccccc1. The first-order chi connectivity index (χ1) is 7.99. The van der Waals surface area contributed by atoms with Crippen molar-refractivity contribution in [3.05, 3.63) is 30.3 Å². The molecule has 0 heterocycles. The highest BCUT2D eigenvalue weighted by Gasteiger charge is 2.16. The molecule has 0 bridgehead atoms. The third-order valence-electron chi connectivity index (χ3n) is 2.68. The maximum atomic E-state index is 9.77. The minimum Gasteiger partial charge on any atom is -0.423 e. The van der Waals surface area contributed by atoms with Crippen LogP contribution in [0.15, 0.2) is 30.3 Å². The lowest BCUT2D eigenvalue weighted by Gasteiger charge is -2.15. The Labute approximate surface area is 106 Å². The van der Waals surface area contributed by atoms with Gasteiger partial charge in [0.1, 0.15) is 0 Å². The van der Waals surface area contributed by atoms with E-state index in [1.54, 1.807) is 0 Å². The average Bonchev–Trinajstić information content (AvgIpc) is 2.28. The van der Waals surface area contributed by atoms with Gasteiger partial charge in [0.2, 0.25) is 0 Å². The molecule has 0 aliphatic heterocycles. The second-order valence-corrected chi connectivity index (χ2v) is 11.3. The van der Waals surface area contributed by atoms with Crippen molar-refractivity contribution in [2.45, 2.75) is 38.5 Å². The summed E-state index contributed by atoms with van der Waals surface area (Å²) >= 11 is 0. The van der Waals surface area contributed by atoms with Crippen LogP contribution in [0.25, 0.3) is 0 Å². The van der Waals surface area contributed by atoms with Gasteiger partial charge in [0.05, 0.1) is 0 Å². The molecule has 1 rings (SSSR count). The van der Waals surface area contributed by atoms with Crippen molar-refractivity contribution in [2.75, 3.05) is 6.61 Å². The van der Waals surface area contributed by atoms with Gasteiger partial charge in [-0.3, -0.25) is 0 Å². The van der Waals surface area contributed by atoms with Gasteiger partial charge in [0, 0.05) is 14.7 Å². The van der Waals surface area contributed by atoms with E-state index in [0.29, 0.717) is 6.61 Å². The maximum absolute atomic E-state index is 9.77. The molecule has 0 amide bonds. The highest BCUT2D eigenvalue weighted by Crippen LogP contribution is 2.12. The van der Waals surface area contributed by atoms with Crippen LogP contribution in [0.1, 0.15) is 12.8 Å². The summed E-state index contributed by atoms with van der Waals surface area (Å²) in [6.45, 7) is 7.78. The molecule has 1 aromatic carbocycles. The first-order valence-corrected chi connectivity index (χ1v) is 10.0. The highest BCUT2D eigenvalue weighted by molar-refractivity contribution is 6.76. The summed E-state index contributed by atoms with van der Waals surface area (Å²) in [6, 6.07) is 10.8. The summed E-state index contributed by atoms with van der Waals surface area (Å²) in [6.07, 6.45) is 2.24. The predicted octanol–water partition coefficient (Wildman–Crippen LogP) is 2.51. The molecule has 0 saturated heterocycles. The second kappa shape index (κ2) is 6.99. The van der Waals surface area contributed by atoms with Crippen molar-refractivity contribution < 1.29 is 9.68 Å². The van der Waals surface area contributed by atoms with Gasteiger partial charge in [0.25, 0.3) is 0 Å². The van der Waals surface area contributed by atoms with Gasteiger partial charge in [-0.1, -0.05) is 62.4 Å². The zero-order valence-corrected chi connectivity index (χ0v) is 12.1. The van der Waals surface area contributed by atoms with Crippen LogP contribution < -0.4 is 5.46 Å². The smallest absolute Gasteiger partial charge is 0.423 e. The van der Waals surface area contributed by atoms with Crippen LogP contribution in [-0.4, -0.2) is 26.8 Å². The monoisotopic (exact) mass is 250 g/mol. The topological polar surface area (TPSA) is 29.5 Å². The standard InChI is InChI=1S/C13H23BO2Si/c1-17(2,3)12-8-7-11-16-14(15)13-9-5-4-6-10-13/h4-6,9-10,15H,7-8,11-12H2,1-3H3. The van der Waals surface area contributed by atoms with E-state index < -0.39 is 15.2 Å². The molecular weight excluding hydrogens is 227 g/mol. The Morgan fingerprint density at radius 1 is 1.12 bits per heavy atom. The molecule has 0 aliphatic rings. The lowest BCUT2D eigenvalue weighted by Crippen LogP contribution is -2.33. The zero-order chi connectivity index (χ0) is 12.7. The van der Waals surface area contributed by atoms with E-state index in [9.17, 15) is 5.02 Å². The van der Waals surface area contributed by atoms with E-state index in [1.807, 2.05) is 30.3 Å². The van der Waals surface area contributed by atoms with Crippen LogP contribution >= 0.6 is 0 Å². The Morgan fingerprint density at radius 2 is 1.76 bits per heavy atom. The minimum atomic E-state index is -0.916. The van der Waals surface area contributed by atoms with Crippen LogP contribution in [0.5, 0.6) is 0 Å². The molecular formula is C13H23BO2Si. The number of hydrogen-bond donors (Lipinski definition) is 1. The Morgan fingerprint density at radius 3 is 2.35 bits per heavy atom. The lowest BCUT2D eigenvalue weighted by atomic mass is 9.80. The summed E-state index contributed by atoms with van der Waals surface area (Å²) in [7, 11) is -1.69. The third-order valence-corrected chi connectivity index (χ3v) is 4.54. The van der Waals surface area contributed by atoms with Crippen LogP contribution in [0, 0.1) is 0 Å². The molecule has 0 fully saturated rings. The fraction of sp³-hybridized carbons (Fsp3) is 0.538. The van der Waals surface area contributed by atoms with Gasteiger partial charge >= 0.3 is 7.12 Å². The van der Waals surface area contributed by atoms with E-state index >= 15 is 0 Å². The normalized spacial score (nSPS) is 11.5. The van der Waals surface area contributed by atoms with E-state index in [-0.39, 0.29) is 0 Å². The van der Waals surface area contributed by atoms with E-state index in [0.717, 1.165) is 11.9 Å². The van der Waals surface area contributed by atoms with Gasteiger partial charge < -0.3 is 9.68 Å². The molecule has 94 valence electrons. The number of rotatable bonds is 7. The first-order valence-electron chi connectivity index (χ1n) is 6.34. The minimum absolute atomic E-state index is 0.639. The van der Waals surface area contributed by atoms with Crippen molar-refractivity contribution in [2.24, 2.45) is 0 Å². The lowest BCUT2D eigenvalue weighted by molar-refractivity contribution is 0.264. The molecule has 0 atom stereocenters. The van der Waals surface area contributed by atoms with Crippen LogP contribution in [0.3, 0.4) is 0 Å². The fourth-order valence-corrected chi connectivity index (χ4v) is 2.98. The summed E-state index contributed by atoms with van der Waals surface area (Å²) in [5.41, 5.74) is 0.831. The van der Waals surface area contributed by atoms with Crippen LogP contribution in [-0.2, 0) is 4.65 Å². The van der Waals surface area contributed by atoms with Crippen molar-refractivity contribution in [1.29, 1.82) is 0 Å². The summed E-state index contributed by atoms with van der Waals surface area (Å²) in [5, 5.41) is 9.77. The van der Waals surface area contributed by atoms with E-state index in [4.69, 9.17) is 4.65 Å². The molecule has 0 spiro atoms. The van der Waals surface area contributed by atoms with Gasteiger partial charge in [-0.15, -0.1) is 0 Å². The van der Waals surface area contributed by atoms with Crippen molar-refractivity contribution in [1.82, 2.24) is 0 Å². The largest absolute Gasteiger partial charge is 0.491 e. The first kappa shape index (κ1) is 14.5. The maximum Gasteiger partial charge on any atom is 0.491 e. The molecule has 0 radical (unpaired) electrons. The average molecular weight is 250 g/mol. The van der Waals surface area contributed by atoms with Gasteiger partial charge in [-0.25, -0.2) is 0 Å². The van der Waals surface area contributed by atoms with E-state index in [2.05, 4.69) is 19.6 Å². The quantitative estimate of drug-likeness (QED) is 0.595. The molecule has 0 aromatic heterocycles. The van der Waals surface area contributed by atoms with Crippen molar-refractivity contribution in [3.8, 4) is 0 Å². The Hall–Kier alpha value is -0.578. The molecule has 1 aromatic rings. The summed E-state index contributed by atoms with van der Waals surface area (Å²) in [4.78, 5) is 0. The molecule has 17 heavy (non-hydrogen) atoms. The number of unbranched alkanes of at least 4 members (excludes halogenated alkanes) is 1. The van der Waals surface area contributed by atoms with Crippen LogP contribution in [0.4, 0.5) is 0 Å². The molecule has 0 unspecified atom stereocenters. The Bertz CT molecular complexity index is 311. The van der Waals surface area contributed by atoms with E-state index in [1.165, 1.54) is 12.5 Å². The van der Waals surface area contributed by atoms with Gasteiger partial charge in [-0.2, -0.15) is 0 Å². The highest BCUT2D eigenvalue weighted by atomic mass is 28.3. The van der Waals surface area contributed by atoms with Crippen molar-refractivity contribution >= 4 is 20.7 Å². The van der Waals surface area contributed by atoms with Crippen LogP contribution in [0.2, 0.25) is 25.7 Å². The van der Waals surface area contributed by atoms with Gasteiger partial charge in [0.15, 0.2) is 0 Å². The Balaban J connectivity index is 2.15. The summed E-state index contributed by atoms with van der Waals surface area (Å²) < 4.78 is 5.41. The number of hydrogen-bond acceptors (Lipinski definition) is 2. The zero-order valence-electron chi connectivity index (χ0n) is 11.1. The molecule has 2 nitrogen and oxygen atoms in total. The predicted molar refractivity (Wildman–Crippen MR) is 77.4 cm³/mol. The molecule has 0 saturated carbocycles. The molecule has 4 heteroatoms. The summed E-state index contributed by atoms with van der Waals surface area (Å²) in [5.74, 6) is 0.